The number of rotatable bonds is 7. The van der Waals surface area contributed by atoms with E-state index in [4.69, 9.17) is 21.1 Å². The second kappa shape index (κ2) is 7.64. The summed E-state index contributed by atoms with van der Waals surface area (Å²) in [4.78, 5) is 4.50. The molecule has 6 heteroatoms. The van der Waals surface area contributed by atoms with Crippen LogP contribution in [0, 0.1) is 0 Å². The molecule has 4 nitrogen and oxygen atoms in total. The topological polar surface area (TPSA) is 43.4 Å². The lowest BCUT2D eigenvalue weighted by Gasteiger charge is -2.15. The fourth-order valence-electron chi connectivity index (χ4n) is 1.98. The maximum Gasteiger partial charge on any atom is 0.166 e. The molecule has 1 aromatic heterocycles. The Balaban J connectivity index is 2.20. The van der Waals surface area contributed by atoms with Gasteiger partial charge in [-0.1, -0.05) is 18.5 Å². The van der Waals surface area contributed by atoms with Gasteiger partial charge in [0.2, 0.25) is 0 Å². The van der Waals surface area contributed by atoms with Crippen molar-refractivity contribution in [2.45, 2.75) is 26.5 Å². The van der Waals surface area contributed by atoms with E-state index in [1.807, 2.05) is 18.5 Å². The molecule has 0 saturated heterocycles. The van der Waals surface area contributed by atoms with Gasteiger partial charge in [0.15, 0.2) is 11.5 Å². The first kappa shape index (κ1) is 16.1. The smallest absolute Gasteiger partial charge is 0.166 e. The molecule has 1 heterocycles. The number of aromatic nitrogens is 1. The number of halogens is 1. The van der Waals surface area contributed by atoms with E-state index in [1.54, 1.807) is 24.5 Å². The van der Waals surface area contributed by atoms with Crippen molar-refractivity contribution in [1.29, 1.82) is 0 Å². The van der Waals surface area contributed by atoms with Crippen LogP contribution >= 0.6 is 22.9 Å². The highest BCUT2D eigenvalue weighted by Crippen LogP contribution is 2.35. The molecule has 0 aliphatic carbocycles. The van der Waals surface area contributed by atoms with Crippen molar-refractivity contribution >= 4 is 22.9 Å². The Labute approximate surface area is 134 Å². The average Bonchev–Trinajstić information content (AvgIpc) is 2.94. The summed E-state index contributed by atoms with van der Waals surface area (Å²) in [5.74, 6) is 1.35. The van der Waals surface area contributed by atoms with Gasteiger partial charge in [-0.05, 0) is 19.5 Å². The van der Waals surface area contributed by atoms with Gasteiger partial charge in [-0.3, -0.25) is 0 Å². The molecule has 21 heavy (non-hydrogen) atoms. The van der Waals surface area contributed by atoms with E-state index in [-0.39, 0.29) is 0 Å². The van der Waals surface area contributed by atoms with Crippen molar-refractivity contribution in [1.82, 2.24) is 10.3 Å². The van der Waals surface area contributed by atoms with Crippen molar-refractivity contribution in [2.75, 3.05) is 14.2 Å². The van der Waals surface area contributed by atoms with Gasteiger partial charge in [0.05, 0.1) is 17.8 Å². The first-order valence-corrected chi connectivity index (χ1v) is 8.00. The minimum Gasteiger partial charge on any atom is -0.493 e. The van der Waals surface area contributed by atoms with Gasteiger partial charge in [-0.15, -0.1) is 11.3 Å². The summed E-state index contributed by atoms with van der Waals surface area (Å²) < 4.78 is 11.3. The van der Waals surface area contributed by atoms with Gasteiger partial charge in [0, 0.05) is 28.6 Å². The largest absolute Gasteiger partial charge is 0.493 e. The molecule has 0 fully saturated rings. The molecule has 1 aromatic carbocycles. The molecule has 0 atom stereocenters. The molecule has 0 saturated carbocycles. The van der Waals surface area contributed by atoms with E-state index in [1.165, 1.54) is 0 Å². The number of aryl methyl sites for hydroxylation is 1. The highest BCUT2D eigenvalue weighted by atomic mass is 35.5. The zero-order chi connectivity index (χ0) is 15.2. The predicted octanol–water partition coefficient (Wildman–Crippen LogP) is 3.67. The molecule has 114 valence electrons. The third-order valence-corrected chi connectivity index (χ3v) is 4.21. The molecular formula is C15H19ClN2O2S. The van der Waals surface area contributed by atoms with Crippen LogP contribution < -0.4 is 14.8 Å². The fraction of sp³-hybridized carbons (Fsp3) is 0.400. The van der Waals surface area contributed by atoms with Gasteiger partial charge in [0.1, 0.15) is 6.61 Å². The van der Waals surface area contributed by atoms with Crippen LogP contribution in [0.2, 0.25) is 5.02 Å². The number of benzene rings is 1. The SMILES string of the molecule is CCc1nc(COc2c(CNC)cc(Cl)cc2OC)cs1. The Hall–Kier alpha value is -1.30. The molecule has 2 rings (SSSR count). The Kier molecular flexibility index (Phi) is 5.85. The lowest BCUT2D eigenvalue weighted by Crippen LogP contribution is -2.09. The normalized spacial score (nSPS) is 10.7. The van der Waals surface area contributed by atoms with Crippen molar-refractivity contribution in [3.8, 4) is 11.5 Å². The monoisotopic (exact) mass is 326 g/mol. The first-order valence-electron chi connectivity index (χ1n) is 6.75. The van der Waals surface area contributed by atoms with Crippen LogP contribution in [0.5, 0.6) is 11.5 Å². The van der Waals surface area contributed by atoms with E-state index in [9.17, 15) is 0 Å². The van der Waals surface area contributed by atoms with Crippen LogP contribution in [0.15, 0.2) is 17.5 Å². The van der Waals surface area contributed by atoms with Gasteiger partial charge >= 0.3 is 0 Å². The molecule has 0 spiro atoms. The summed E-state index contributed by atoms with van der Waals surface area (Å²) in [7, 11) is 3.49. The van der Waals surface area contributed by atoms with Crippen molar-refractivity contribution in [3.63, 3.8) is 0 Å². The zero-order valence-electron chi connectivity index (χ0n) is 12.4. The van der Waals surface area contributed by atoms with E-state index in [0.29, 0.717) is 29.7 Å². The van der Waals surface area contributed by atoms with Gasteiger partial charge in [-0.2, -0.15) is 0 Å². The Bertz CT molecular complexity index is 601. The summed E-state index contributed by atoms with van der Waals surface area (Å²) in [6.07, 6.45) is 0.944. The first-order chi connectivity index (χ1) is 10.2. The third kappa shape index (κ3) is 4.09. The number of methoxy groups -OCH3 is 1. The van der Waals surface area contributed by atoms with Gasteiger partial charge in [0.25, 0.3) is 0 Å². The number of ether oxygens (including phenoxy) is 2. The Morgan fingerprint density at radius 1 is 1.38 bits per heavy atom. The van der Waals surface area contributed by atoms with Crippen LogP contribution in [0.1, 0.15) is 23.2 Å². The molecule has 0 radical (unpaired) electrons. The summed E-state index contributed by atoms with van der Waals surface area (Å²) in [6.45, 7) is 3.17. The highest BCUT2D eigenvalue weighted by molar-refractivity contribution is 7.09. The molecule has 0 aliphatic heterocycles. The molecule has 0 aliphatic rings. The van der Waals surface area contributed by atoms with Crippen LogP contribution in [-0.4, -0.2) is 19.1 Å². The van der Waals surface area contributed by atoms with Crippen LogP contribution in [0.3, 0.4) is 0 Å². The highest BCUT2D eigenvalue weighted by Gasteiger charge is 2.13. The number of hydrogen-bond acceptors (Lipinski definition) is 5. The maximum absolute atomic E-state index is 6.10. The quantitative estimate of drug-likeness (QED) is 0.843. The average molecular weight is 327 g/mol. The maximum atomic E-state index is 6.10. The standard InChI is InChI=1S/C15H19ClN2O2S/c1-4-14-18-12(9-21-14)8-20-15-10(7-17-2)5-11(16)6-13(15)19-3/h5-6,9,17H,4,7-8H2,1-3H3. The molecule has 0 unspecified atom stereocenters. The number of nitrogens with zero attached hydrogens (tertiary/aromatic N) is 1. The van der Waals surface area contributed by atoms with E-state index in [0.717, 1.165) is 22.7 Å². The molecule has 1 N–H and O–H groups in total. The van der Waals surface area contributed by atoms with Crippen LogP contribution in [0.4, 0.5) is 0 Å². The van der Waals surface area contributed by atoms with E-state index < -0.39 is 0 Å². The van der Waals surface area contributed by atoms with Crippen LogP contribution in [-0.2, 0) is 19.6 Å². The fourth-order valence-corrected chi connectivity index (χ4v) is 2.94. The molecule has 0 amide bonds. The molecular weight excluding hydrogens is 308 g/mol. The molecule has 2 aromatic rings. The molecule has 0 bridgehead atoms. The van der Waals surface area contributed by atoms with Crippen molar-refractivity contribution in [2.24, 2.45) is 0 Å². The Morgan fingerprint density at radius 3 is 2.81 bits per heavy atom. The number of nitrogens with one attached hydrogen (secondary N) is 1. The zero-order valence-corrected chi connectivity index (χ0v) is 14.0. The summed E-state index contributed by atoms with van der Waals surface area (Å²) in [5, 5.41) is 6.88. The number of thiazole rings is 1. The summed E-state index contributed by atoms with van der Waals surface area (Å²) in [5.41, 5.74) is 1.90. The predicted molar refractivity (Wildman–Crippen MR) is 86.6 cm³/mol. The second-order valence-corrected chi connectivity index (χ2v) is 5.88. The van der Waals surface area contributed by atoms with Gasteiger partial charge in [-0.25, -0.2) is 4.98 Å². The summed E-state index contributed by atoms with van der Waals surface area (Å²) in [6, 6.07) is 3.64. The Morgan fingerprint density at radius 2 is 2.19 bits per heavy atom. The van der Waals surface area contributed by atoms with Crippen LogP contribution in [0.25, 0.3) is 0 Å². The van der Waals surface area contributed by atoms with Gasteiger partial charge < -0.3 is 14.8 Å². The minimum absolute atomic E-state index is 0.422. The second-order valence-electron chi connectivity index (χ2n) is 4.50. The minimum atomic E-state index is 0.422. The van der Waals surface area contributed by atoms with Crippen molar-refractivity contribution in [3.05, 3.63) is 38.8 Å². The lowest BCUT2D eigenvalue weighted by atomic mass is 10.2. The summed E-state index contributed by atoms with van der Waals surface area (Å²) >= 11 is 7.76. The third-order valence-electron chi connectivity index (χ3n) is 2.95. The van der Waals surface area contributed by atoms with Crippen molar-refractivity contribution < 1.29 is 9.47 Å². The van der Waals surface area contributed by atoms with E-state index in [2.05, 4.69) is 17.2 Å². The lowest BCUT2D eigenvalue weighted by molar-refractivity contribution is 0.277. The number of hydrogen-bond donors (Lipinski definition) is 1. The van der Waals surface area contributed by atoms with E-state index >= 15 is 0 Å².